The third kappa shape index (κ3) is 2.54. The molecule has 1 amide bonds. The molecule has 0 fully saturated rings. The first-order valence-corrected chi connectivity index (χ1v) is 8.11. The van der Waals surface area contributed by atoms with E-state index in [2.05, 4.69) is 5.32 Å². The number of rotatable bonds is 2. The molecule has 0 unspecified atom stereocenters. The van der Waals surface area contributed by atoms with Crippen molar-refractivity contribution in [3.05, 3.63) is 81.4 Å². The maximum absolute atomic E-state index is 12.3. The molecule has 4 rings (SSSR count). The molecule has 1 aliphatic rings. The maximum atomic E-state index is 12.3. The second-order valence-electron chi connectivity index (χ2n) is 6.36. The topological polar surface area (TPSA) is 72.2 Å². The summed E-state index contributed by atoms with van der Waals surface area (Å²) in [6, 6.07) is 17.1. The number of carbonyl (C=O) groups excluding carboxylic acids is 1. The van der Waals surface area contributed by atoms with Gasteiger partial charge in [0.25, 0.3) is 5.69 Å². The number of nitrogens with zero attached hydrogens (tertiary/aromatic N) is 1. The van der Waals surface area contributed by atoms with Crippen LogP contribution in [0.5, 0.6) is 0 Å². The Hall–Kier alpha value is -3.21. The third-order valence-electron chi connectivity index (χ3n) is 4.82. The van der Waals surface area contributed by atoms with Gasteiger partial charge in [-0.25, -0.2) is 0 Å². The molecule has 0 aliphatic carbocycles. The Morgan fingerprint density at radius 1 is 1.12 bits per heavy atom. The minimum absolute atomic E-state index is 0.0721. The van der Waals surface area contributed by atoms with Crippen LogP contribution in [0.4, 0.5) is 11.4 Å². The van der Waals surface area contributed by atoms with Crippen LogP contribution >= 0.6 is 0 Å². The van der Waals surface area contributed by atoms with Gasteiger partial charge < -0.3 is 5.32 Å². The van der Waals surface area contributed by atoms with Crippen molar-refractivity contribution in [3.63, 3.8) is 0 Å². The summed E-state index contributed by atoms with van der Waals surface area (Å²) in [7, 11) is 0. The Kier molecular flexibility index (Phi) is 3.50. The molecule has 124 valence electrons. The molecule has 1 heterocycles. The van der Waals surface area contributed by atoms with Crippen molar-refractivity contribution in [1.82, 2.24) is 0 Å². The lowest BCUT2D eigenvalue weighted by atomic mass is 9.83. The number of hydrogen-bond donors (Lipinski definition) is 1. The second-order valence-corrected chi connectivity index (χ2v) is 6.36. The molecule has 0 bridgehead atoms. The number of carbonyl (C=O) groups is 1. The Labute approximate surface area is 144 Å². The fourth-order valence-corrected chi connectivity index (χ4v) is 3.54. The molecule has 3 aromatic carbocycles. The first-order chi connectivity index (χ1) is 12.0. The minimum atomic E-state index is -0.372. The number of nitro groups is 1. The van der Waals surface area contributed by atoms with E-state index < -0.39 is 0 Å². The largest absolute Gasteiger partial charge is 0.325 e. The average molecular weight is 332 g/mol. The molecule has 25 heavy (non-hydrogen) atoms. The van der Waals surface area contributed by atoms with Crippen molar-refractivity contribution < 1.29 is 9.72 Å². The predicted octanol–water partition coefficient (Wildman–Crippen LogP) is 4.53. The lowest BCUT2D eigenvalue weighted by molar-refractivity contribution is -0.385. The molecule has 0 saturated carbocycles. The van der Waals surface area contributed by atoms with E-state index in [0.29, 0.717) is 5.56 Å². The van der Waals surface area contributed by atoms with E-state index in [-0.39, 0.29) is 28.9 Å². The van der Waals surface area contributed by atoms with Gasteiger partial charge in [-0.2, -0.15) is 0 Å². The van der Waals surface area contributed by atoms with Crippen LogP contribution in [0, 0.1) is 17.0 Å². The number of hydrogen-bond acceptors (Lipinski definition) is 3. The fraction of sp³-hybridized carbons (Fsp3) is 0.150. The highest BCUT2D eigenvalue weighted by Crippen LogP contribution is 2.41. The van der Waals surface area contributed by atoms with Crippen molar-refractivity contribution in [1.29, 1.82) is 0 Å². The molecular formula is C20H16N2O3. The van der Waals surface area contributed by atoms with Crippen molar-refractivity contribution in [3.8, 4) is 0 Å². The zero-order chi connectivity index (χ0) is 17.6. The van der Waals surface area contributed by atoms with Crippen molar-refractivity contribution in [2.45, 2.75) is 19.3 Å². The van der Waals surface area contributed by atoms with Gasteiger partial charge in [-0.1, -0.05) is 48.5 Å². The van der Waals surface area contributed by atoms with E-state index in [9.17, 15) is 14.9 Å². The summed E-state index contributed by atoms with van der Waals surface area (Å²) in [6.45, 7) is 1.72. The summed E-state index contributed by atoms with van der Waals surface area (Å²) in [5.74, 6) is -0.260. The highest BCUT2D eigenvalue weighted by molar-refractivity contribution is 6.06. The number of nitro benzene ring substituents is 1. The van der Waals surface area contributed by atoms with Crippen LogP contribution in [0.1, 0.15) is 29.0 Å². The molecule has 0 spiro atoms. The van der Waals surface area contributed by atoms with Gasteiger partial charge in [0, 0.05) is 29.4 Å². The van der Waals surface area contributed by atoms with Gasteiger partial charge >= 0.3 is 0 Å². The Balaban J connectivity index is 1.91. The first kappa shape index (κ1) is 15.3. The van der Waals surface area contributed by atoms with Crippen molar-refractivity contribution >= 4 is 28.1 Å². The number of amides is 1. The Morgan fingerprint density at radius 2 is 1.92 bits per heavy atom. The maximum Gasteiger partial charge on any atom is 0.272 e. The van der Waals surface area contributed by atoms with Crippen molar-refractivity contribution in [2.24, 2.45) is 0 Å². The van der Waals surface area contributed by atoms with Gasteiger partial charge in [0.05, 0.1) is 10.6 Å². The fourth-order valence-electron chi connectivity index (χ4n) is 3.54. The summed E-state index contributed by atoms with van der Waals surface area (Å²) in [6.07, 6.45) is 0.283. The number of anilines is 1. The SMILES string of the molecule is Cc1ccc([C@@H]2CC(=O)Nc3c2ccc2ccccc32)cc1[N+](=O)[O-]. The van der Waals surface area contributed by atoms with Gasteiger partial charge in [-0.15, -0.1) is 0 Å². The standard InChI is InChI=1S/C20H16N2O3/c1-12-6-7-14(10-18(12)22(24)25)17-11-19(23)21-20-15-5-3-2-4-13(15)8-9-16(17)20/h2-10,17H,11H2,1H3,(H,21,23)/t17-/m0/s1. The van der Waals surface area contributed by atoms with Crippen molar-refractivity contribution in [2.75, 3.05) is 5.32 Å². The van der Waals surface area contributed by atoms with Gasteiger partial charge in [-0.3, -0.25) is 14.9 Å². The molecule has 5 heteroatoms. The molecule has 5 nitrogen and oxygen atoms in total. The van der Waals surface area contributed by atoms with Gasteiger partial charge in [0.2, 0.25) is 5.91 Å². The smallest absolute Gasteiger partial charge is 0.272 e. The highest BCUT2D eigenvalue weighted by atomic mass is 16.6. The van der Waals surface area contributed by atoms with Gasteiger partial charge in [-0.05, 0) is 23.4 Å². The van der Waals surface area contributed by atoms with Crippen LogP contribution < -0.4 is 5.32 Å². The molecule has 0 radical (unpaired) electrons. The number of nitrogens with one attached hydrogen (secondary N) is 1. The van der Waals surface area contributed by atoms with Crippen LogP contribution in [0.3, 0.4) is 0 Å². The highest BCUT2D eigenvalue weighted by Gasteiger charge is 2.29. The van der Waals surface area contributed by atoms with Crippen LogP contribution in [0.25, 0.3) is 10.8 Å². The van der Waals surface area contributed by atoms with E-state index in [1.165, 1.54) is 0 Å². The van der Waals surface area contributed by atoms with Crippen LogP contribution in [0.2, 0.25) is 0 Å². The minimum Gasteiger partial charge on any atom is -0.325 e. The lowest BCUT2D eigenvalue weighted by Gasteiger charge is -2.27. The second kappa shape index (κ2) is 5.70. The normalized spacial score (nSPS) is 16.4. The Bertz CT molecular complexity index is 1030. The monoisotopic (exact) mass is 332 g/mol. The number of benzene rings is 3. The van der Waals surface area contributed by atoms with E-state index in [1.807, 2.05) is 42.5 Å². The summed E-state index contributed by atoms with van der Waals surface area (Å²) in [5, 5.41) is 16.3. The number of aryl methyl sites for hydroxylation is 1. The summed E-state index contributed by atoms with van der Waals surface area (Å²) in [5.41, 5.74) is 3.31. The molecule has 1 aliphatic heterocycles. The third-order valence-corrected chi connectivity index (χ3v) is 4.82. The Morgan fingerprint density at radius 3 is 2.72 bits per heavy atom. The summed E-state index contributed by atoms with van der Waals surface area (Å²) < 4.78 is 0. The quantitative estimate of drug-likeness (QED) is 0.553. The van der Waals surface area contributed by atoms with Gasteiger partial charge in [0.1, 0.15) is 0 Å². The van der Waals surface area contributed by atoms with Gasteiger partial charge in [0.15, 0.2) is 0 Å². The molecule has 0 aromatic heterocycles. The average Bonchev–Trinajstić information content (AvgIpc) is 2.61. The van der Waals surface area contributed by atoms with Crippen LogP contribution in [-0.4, -0.2) is 10.8 Å². The summed E-state index contributed by atoms with van der Waals surface area (Å²) >= 11 is 0. The van der Waals surface area contributed by atoms with E-state index >= 15 is 0 Å². The van der Waals surface area contributed by atoms with Crippen LogP contribution in [0.15, 0.2) is 54.6 Å². The molecule has 1 atom stereocenters. The molecule has 0 saturated heterocycles. The molecule has 3 aromatic rings. The predicted molar refractivity (Wildman–Crippen MR) is 96.9 cm³/mol. The van der Waals surface area contributed by atoms with E-state index in [4.69, 9.17) is 0 Å². The molecular weight excluding hydrogens is 316 g/mol. The zero-order valence-electron chi connectivity index (χ0n) is 13.7. The summed E-state index contributed by atoms with van der Waals surface area (Å²) in [4.78, 5) is 23.2. The van der Waals surface area contributed by atoms with E-state index in [0.717, 1.165) is 27.6 Å². The molecule has 1 N–H and O–H groups in total. The van der Waals surface area contributed by atoms with Crippen LogP contribution in [-0.2, 0) is 4.79 Å². The first-order valence-electron chi connectivity index (χ1n) is 8.11. The number of fused-ring (bicyclic) bond motifs is 3. The zero-order valence-corrected chi connectivity index (χ0v) is 13.7. The van der Waals surface area contributed by atoms with E-state index in [1.54, 1.807) is 19.1 Å². The lowest BCUT2D eigenvalue weighted by Crippen LogP contribution is -2.23.